The molecule has 0 saturated heterocycles. The van der Waals surface area contributed by atoms with Crippen LogP contribution in [-0.4, -0.2) is 22.9 Å². The van der Waals surface area contributed by atoms with Crippen molar-refractivity contribution in [1.82, 2.24) is 0 Å². The van der Waals surface area contributed by atoms with Crippen LogP contribution in [0.15, 0.2) is 45.8 Å². The lowest BCUT2D eigenvalue weighted by molar-refractivity contribution is 0.158. The summed E-state index contributed by atoms with van der Waals surface area (Å²) in [6.45, 7) is 3.78. The predicted octanol–water partition coefficient (Wildman–Crippen LogP) is 4.06. The van der Waals surface area contributed by atoms with Crippen LogP contribution in [0.1, 0.15) is 19.4 Å². The van der Waals surface area contributed by atoms with Gasteiger partial charge in [0.05, 0.1) is 18.2 Å². The number of phenols is 2. The molecule has 138 valence electrons. The van der Waals surface area contributed by atoms with E-state index in [1.807, 2.05) is 19.9 Å². The number of fused-ring (bicyclic) bond motifs is 2. The molecule has 0 atom stereocenters. The summed E-state index contributed by atoms with van der Waals surface area (Å²) in [5.74, 6) is 0.460. The van der Waals surface area contributed by atoms with Gasteiger partial charge in [-0.3, -0.25) is 4.79 Å². The highest BCUT2D eigenvalue weighted by Crippen LogP contribution is 2.41. The maximum absolute atomic E-state index is 13.0. The third kappa shape index (κ3) is 2.70. The predicted molar refractivity (Wildman–Crippen MR) is 102 cm³/mol. The highest BCUT2D eigenvalue weighted by molar-refractivity contribution is 5.93. The van der Waals surface area contributed by atoms with Crippen molar-refractivity contribution in [3.05, 3.63) is 52.4 Å². The summed E-state index contributed by atoms with van der Waals surface area (Å²) in [4.78, 5) is 13.0. The number of aromatic hydroxyl groups is 2. The van der Waals surface area contributed by atoms with E-state index in [4.69, 9.17) is 13.9 Å². The quantitative estimate of drug-likeness (QED) is 0.711. The summed E-state index contributed by atoms with van der Waals surface area (Å²) in [7, 11) is 1.44. The van der Waals surface area contributed by atoms with Gasteiger partial charge < -0.3 is 24.1 Å². The summed E-state index contributed by atoms with van der Waals surface area (Å²) in [6.07, 6.45) is 4.86. The van der Waals surface area contributed by atoms with E-state index in [1.54, 1.807) is 24.3 Å². The van der Waals surface area contributed by atoms with Crippen LogP contribution >= 0.6 is 0 Å². The first kappa shape index (κ1) is 17.0. The Bertz CT molecular complexity index is 1150. The van der Waals surface area contributed by atoms with Crippen molar-refractivity contribution in [2.24, 2.45) is 0 Å². The highest BCUT2D eigenvalue weighted by Gasteiger charge is 2.26. The monoisotopic (exact) mass is 366 g/mol. The summed E-state index contributed by atoms with van der Waals surface area (Å²) in [5.41, 5.74) is 0.409. The fraction of sp³-hybridized carbons (Fsp3) is 0.190. The van der Waals surface area contributed by atoms with E-state index < -0.39 is 11.0 Å². The van der Waals surface area contributed by atoms with Crippen LogP contribution in [0.5, 0.6) is 23.0 Å². The second kappa shape index (κ2) is 5.81. The molecule has 6 heteroatoms. The SMILES string of the molecule is COc1ccc(-c2coc3cc4c(c(O)c3c2=O)C=CC(C)(C)O4)cc1O. The van der Waals surface area contributed by atoms with Gasteiger partial charge in [0.2, 0.25) is 5.43 Å². The minimum absolute atomic E-state index is 0.0644. The molecule has 3 aromatic rings. The molecule has 1 aromatic heterocycles. The van der Waals surface area contributed by atoms with Gasteiger partial charge in [-0.05, 0) is 43.7 Å². The van der Waals surface area contributed by atoms with E-state index in [0.717, 1.165) is 0 Å². The molecule has 1 aliphatic rings. The van der Waals surface area contributed by atoms with Crippen LogP contribution < -0.4 is 14.9 Å². The Kier molecular flexibility index (Phi) is 3.66. The zero-order valence-electron chi connectivity index (χ0n) is 15.1. The Morgan fingerprint density at radius 3 is 2.63 bits per heavy atom. The molecule has 0 saturated carbocycles. The molecule has 0 bridgehead atoms. The molecule has 27 heavy (non-hydrogen) atoms. The molecular formula is C21H18O6. The number of hydrogen-bond donors (Lipinski definition) is 2. The van der Waals surface area contributed by atoms with Gasteiger partial charge in [0.15, 0.2) is 11.5 Å². The number of methoxy groups -OCH3 is 1. The summed E-state index contributed by atoms with van der Waals surface area (Å²) >= 11 is 0. The van der Waals surface area contributed by atoms with Crippen molar-refractivity contribution in [2.45, 2.75) is 19.4 Å². The first-order valence-corrected chi connectivity index (χ1v) is 8.38. The first-order chi connectivity index (χ1) is 12.8. The van der Waals surface area contributed by atoms with Crippen molar-refractivity contribution < 1.29 is 24.1 Å². The van der Waals surface area contributed by atoms with Crippen LogP contribution in [0.3, 0.4) is 0 Å². The standard InChI is InChI=1S/C21H18O6/c1-21(2)7-6-12-16(27-21)9-17-18(19(12)23)20(24)13(10-26-17)11-4-5-15(25-3)14(22)8-11/h4-10,22-23H,1-3H3. The highest BCUT2D eigenvalue weighted by atomic mass is 16.5. The first-order valence-electron chi connectivity index (χ1n) is 8.38. The molecule has 0 spiro atoms. The third-order valence-electron chi connectivity index (χ3n) is 4.56. The van der Waals surface area contributed by atoms with E-state index >= 15 is 0 Å². The van der Waals surface area contributed by atoms with Gasteiger partial charge in [-0.25, -0.2) is 0 Å². The van der Waals surface area contributed by atoms with Crippen LogP contribution in [0, 0.1) is 0 Å². The van der Waals surface area contributed by atoms with Gasteiger partial charge in [-0.15, -0.1) is 0 Å². The topological polar surface area (TPSA) is 89.1 Å². The van der Waals surface area contributed by atoms with Crippen LogP contribution in [0.4, 0.5) is 0 Å². The second-order valence-electron chi connectivity index (χ2n) is 6.91. The molecule has 0 unspecified atom stereocenters. The molecule has 2 heterocycles. The lowest BCUT2D eigenvalue weighted by Gasteiger charge is -2.28. The van der Waals surface area contributed by atoms with Gasteiger partial charge in [0, 0.05) is 6.07 Å². The van der Waals surface area contributed by atoms with Gasteiger partial charge >= 0.3 is 0 Å². The Labute approximate surface area is 154 Å². The number of benzene rings is 2. The average Bonchev–Trinajstić information content (AvgIpc) is 2.60. The summed E-state index contributed by atoms with van der Waals surface area (Å²) in [5, 5.41) is 20.7. The minimum atomic E-state index is -0.520. The van der Waals surface area contributed by atoms with Crippen LogP contribution in [0.25, 0.3) is 28.2 Å². The Hall–Kier alpha value is -3.41. The Balaban J connectivity index is 1.94. The number of phenolic OH excluding ortho intramolecular Hbond substituents is 2. The van der Waals surface area contributed by atoms with Crippen molar-refractivity contribution in [3.63, 3.8) is 0 Å². The van der Waals surface area contributed by atoms with E-state index in [-0.39, 0.29) is 28.0 Å². The molecule has 0 amide bonds. The Morgan fingerprint density at radius 1 is 1.15 bits per heavy atom. The average molecular weight is 366 g/mol. The van der Waals surface area contributed by atoms with Gasteiger partial charge in [0.1, 0.15) is 34.3 Å². The summed E-state index contributed by atoms with van der Waals surface area (Å²) in [6, 6.07) is 6.21. The van der Waals surface area contributed by atoms with Gasteiger partial charge in [0.25, 0.3) is 0 Å². The van der Waals surface area contributed by atoms with E-state index in [2.05, 4.69) is 0 Å². The molecule has 4 rings (SSSR count). The van der Waals surface area contributed by atoms with Crippen LogP contribution in [0.2, 0.25) is 0 Å². The number of hydrogen-bond acceptors (Lipinski definition) is 6. The normalized spacial score (nSPS) is 14.6. The fourth-order valence-electron chi connectivity index (χ4n) is 3.16. The molecule has 1 aliphatic heterocycles. The maximum atomic E-state index is 13.0. The third-order valence-corrected chi connectivity index (χ3v) is 4.56. The molecule has 2 aromatic carbocycles. The lowest BCUT2D eigenvalue weighted by Crippen LogP contribution is -2.27. The van der Waals surface area contributed by atoms with Crippen LogP contribution in [-0.2, 0) is 0 Å². The molecule has 0 radical (unpaired) electrons. The molecule has 2 N–H and O–H groups in total. The lowest BCUT2D eigenvalue weighted by atomic mass is 9.98. The number of rotatable bonds is 2. The zero-order valence-corrected chi connectivity index (χ0v) is 15.1. The van der Waals surface area contributed by atoms with E-state index in [9.17, 15) is 15.0 Å². The molecular weight excluding hydrogens is 348 g/mol. The maximum Gasteiger partial charge on any atom is 0.204 e. The Morgan fingerprint density at radius 2 is 1.93 bits per heavy atom. The molecule has 0 fully saturated rings. The molecule has 0 aliphatic carbocycles. The van der Waals surface area contributed by atoms with Crippen molar-refractivity contribution in [3.8, 4) is 34.1 Å². The van der Waals surface area contributed by atoms with Gasteiger partial charge in [-0.1, -0.05) is 6.07 Å². The van der Waals surface area contributed by atoms with Gasteiger partial charge in [-0.2, -0.15) is 0 Å². The van der Waals surface area contributed by atoms with Crippen molar-refractivity contribution in [1.29, 1.82) is 0 Å². The fourth-order valence-corrected chi connectivity index (χ4v) is 3.16. The molecule has 6 nitrogen and oxygen atoms in total. The van der Waals surface area contributed by atoms with E-state index in [0.29, 0.717) is 22.6 Å². The smallest absolute Gasteiger partial charge is 0.204 e. The largest absolute Gasteiger partial charge is 0.506 e. The van der Waals surface area contributed by atoms with E-state index in [1.165, 1.54) is 19.4 Å². The second-order valence-corrected chi connectivity index (χ2v) is 6.91. The zero-order chi connectivity index (χ0) is 19.3. The number of ether oxygens (including phenoxy) is 2. The minimum Gasteiger partial charge on any atom is -0.506 e. The van der Waals surface area contributed by atoms with Crippen molar-refractivity contribution in [2.75, 3.05) is 7.11 Å². The van der Waals surface area contributed by atoms with Crippen molar-refractivity contribution >= 4 is 17.0 Å². The summed E-state index contributed by atoms with van der Waals surface area (Å²) < 4.78 is 16.5.